The summed E-state index contributed by atoms with van der Waals surface area (Å²) in [5, 5.41) is 11.3. The molecule has 0 amide bonds. The molecule has 0 aliphatic rings. The molecule has 0 saturated heterocycles. The standard InChI is InChI=1S/C11H15ClN4S/c1-3-9(12)10-6-16(15-14-10)5-8-7-17-11(4-2)13-8/h6-7,9H,3-5H2,1-2H3. The molecule has 0 aliphatic carbocycles. The normalized spacial score (nSPS) is 12.9. The summed E-state index contributed by atoms with van der Waals surface area (Å²) in [4.78, 5) is 4.50. The quantitative estimate of drug-likeness (QED) is 0.785. The van der Waals surface area contributed by atoms with Crippen molar-refractivity contribution < 1.29 is 0 Å². The predicted molar refractivity (Wildman–Crippen MR) is 69.5 cm³/mol. The maximum Gasteiger partial charge on any atom is 0.101 e. The zero-order valence-corrected chi connectivity index (χ0v) is 11.5. The number of nitrogens with zero attached hydrogens (tertiary/aromatic N) is 4. The Bertz CT molecular complexity index is 479. The molecule has 4 nitrogen and oxygen atoms in total. The molecular formula is C11H15ClN4S. The highest BCUT2D eigenvalue weighted by Crippen LogP contribution is 2.21. The van der Waals surface area contributed by atoms with Crippen molar-refractivity contribution in [2.45, 2.75) is 38.6 Å². The maximum absolute atomic E-state index is 6.10. The molecule has 0 bridgehead atoms. The highest BCUT2D eigenvalue weighted by Gasteiger charge is 2.10. The average molecular weight is 271 g/mol. The van der Waals surface area contributed by atoms with Gasteiger partial charge in [-0.25, -0.2) is 9.67 Å². The second-order valence-electron chi connectivity index (χ2n) is 3.80. The smallest absolute Gasteiger partial charge is 0.101 e. The molecule has 0 saturated carbocycles. The van der Waals surface area contributed by atoms with Gasteiger partial charge in [-0.2, -0.15) is 0 Å². The molecule has 0 aromatic carbocycles. The highest BCUT2D eigenvalue weighted by atomic mass is 35.5. The van der Waals surface area contributed by atoms with Crippen molar-refractivity contribution in [3.8, 4) is 0 Å². The summed E-state index contributed by atoms with van der Waals surface area (Å²) in [6, 6.07) is 0. The molecule has 2 aromatic heterocycles. The molecule has 6 heteroatoms. The van der Waals surface area contributed by atoms with Crippen molar-refractivity contribution in [2.24, 2.45) is 0 Å². The zero-order valence-electron chi connectivity index (χ0n) is 9.93. The molecule has 0 aliphatic heterocycles. The van der Waals surface area contributed by atoms with Crippen LogP contribution in [0.2, 0.25) is 0 Å². The van der Waals surface area contributed by atoms with Crippen LogP contribution in [0.3, 0.4) is 0 Å². The molecular weight excluding hydrogens is 256 g/mol. The van der Waals surface area contributed by atoms with E-state index in [-0.39, 0.29) is 5.38 Å². The van der Waals surface area contributed by atoms with Gasteiger partial charge in [0.15, 0.2) is 0 Å². The van der Waals surface area contributed by atoms with Crippen molar-refractivity contribution in [1.29, 1.82) is 0 Å². The Morgan fingerprint density at radius 3 is 2.94 bits per heavy atom. The Balaban J connectivity index is 2.06. The van der Waals surface area contributed by atoms with Gasteiger partial charge in [-0.3, -0.25) is 0 Å². The summed E-state index contributed by atoms with van der Waals surface area (Å²) in [7, 11) is 0. The number of halogens is 1. The lowest BCUT2D eigenvalue weighted by molar-refractivity contribution is 0.639. The van der Waals surface area contributed by atoms with E-state index in [2.05, 4.69) is 27.6 Å². The zero-order chi connectivity index (χ0) is 12.3. The Kier molecular flexibility index (Phi) is 4.12. The number of hydrogen-bond donors (Lipinski definition) is 0. The molecule has 1 atom stereocenters. The van der Waals surface area contributed by atoms with Crippen molar-refractivity contribution in [3.63, 3.8) is 0 Å². The third-order valence-corrected chi connectivity index (χ3v) is 4.04. The van der Waals surface area contributed by atoms with Crippen LogP contribution in [0.5, 0.6) is 0 Å². The van der Waals surface area contributed by atoms with Gasteiger partial charge in [0.1, 0.15) is 5.69 Å². The van der Waals surface area contributed by atoms with Crippen LogP contribution in [0.25, 0.3) is 0 Å². The van der Waals surface area contributed by atoms with Gasteiger partial charge in [0, 0.05) is 5.38 Å². The first kappa shape index (κ1) is 12.5. The lowest BCUT2D eigenvalue weighted by Crippen LogP contribution is -2.00. The van der Waals surface area contributed by atoms with Gasteiger partial charge >= 0.3 is 0 Å². The number of rotatable bonds is 5. The van der Waals surface area contributed by atoms with Crippen LogP contribution in [0.4, 0.5) is 0 Å². The Morgan fingerprint density at radius 2 is 2.29 bits per heavy atom. The molecule has 1 unspecified atom stereocenters. The second kappa shape index (κ2) is 5.60. The summed E-state index contributed by atoms with van der Waals surface area (Å²) in [5.41, 5.74) is 1.87. The van der Waals surface area contributed by atoms with Gasteiger partial charge in [-0.1, -0.05) is 19.1 Å². The van der Waals surface area contributed by atoms with Gasteiger partial charge in [-0.15, -0.1) is 28.0 Å². The van der Waals surface area contributed by atoms with E-state index in [1.807, 2.05) is 13.1 Å². The molecule has 17 heavy (non-hydrogen) atoms. The third-order valence-electron chi connectivity index (χ3n) is 2.46. The summed E-state index contributed by atoms with van der Waals surface area (Å²) < 4.78 is 1.79. The fourth-order valence-corrected chi connectivity index (χ4v) is 2.33. The summed E-state index contributed by atoms with van der Waals surface area (Å²) in [6.45, 7) is 4.80. The minimum atomic E-state index is -0.0506. The van der Waals surface area contributed by atoms with E-state index in [1.54, 1.807) is 16.0 Å². The Hall–Kier alpha value is -0.940. The molecule has 2 rings (SSSR count). The van der Waals surface area contributed by atoms with Crippen molar-refractivity contribution >= 4 is 22.9 Å². The monoisotopic (exact) mass is 270 g/mol. The van der Waals surface area contributed by atoms with E-state index >= 15 is 0 Å². The fourth-order valence-electron chi connectivity index (χ4n) is 1.49. The lowest BCUT2D eigenvalue weighted by atomic mass is 10.3. The van der Waals surface area contributed by atoms with E-state index in [1.165, 1.54) is 0 Å². The van der Waals surface area contributed by atoms with E-state index < -0.39 is 0 Å². The minimum Gasteiger partial charge on any atom is -0.246 e. The second-order valence-corrected chi connectivity index (χ2v) is 5.27. The van der Waals surface area contributed by atoms with E-state index in [9.17, 15) is 0 Å². The van der Waals surface area contributed by atoms with Crippen LogP contribution >= 0.6 is 22.9 Å². The van der Waals surface area contributed by atoms with Crippen molar-refractivity contribution in [3.05, 3.63) is 28.0 Å². The predicted octanol–water partition coefficient (Wildman–Crippen LogP) is 3.04. The largest absolute Gasteiger partial charge is 0.246 e. The number of alkyl halides is 1. The van der Waals surface area contributed by atoms with Gasteiger partial charge < -0.3 is 0 Å². The van der Waals surface area contributed by atoms with E-state index in [0.29, 0.717) is 6.54 Å². The maximum atomic E-state index is 6.10. The molecule has 0 N–H and O–H groups in total. The first-order valence-electron chi connectivity index (χ1n) is 5.70. The minimum absolute atomic E-state index is 0.0506. The molecule has 2 heterocycles. The van der Waals surface area contributed by atoms with Crippen LogP contribution in [-0.2, 0) is 13.0 Å². The average Bonchev–Trinajstić information content (AvgIpc) is 2.97. The highest BCUT2D eigenvalue weighted by molar-refractivity contribution is 7.09. The first-order chi connectivity index (χ1) is 8.22. The van der Waals surface area contributed by atoms with Gasteiger partial charge in [0.05, 0.1) is 28.8 Å². The van der Waals surface area contributed by atoms with Gasteiger partial charge in [-0.05, 0) is 12.8 Å². The number of hydrogen-bond acceptors (Lipinski definition) is 4. The van der Waals surface area contributed by atoms with Gasteiger partial charge in [0.2, 0.25) is 0 Å². The van der Waals surface area contributed by atoms with E-state index in [0.717, 1.165) is 29.2 Å². The molecule has 0 fully saturated rings. The van der Waals surface area contributed by atoms with Crippen molar-refractivity contribution in [2.75, 3.05) is 0 Å². The summed E-state index contributed by atoms with van der Waals surface area (Å²) >= 11 is 7.79. The number of thiazole rings is 1. The Labute approximate surface area is 110 Å². The third kappa shape index (κ3) is 3.04. The summed E-state index contributed by atoms with van der Waals surface area (Å²) in [5.74, 6) is 0. The molecule has 2 aromatic rings. The van der Waals surface area contributed by atoms with Crippen LogP contribution in [0.1, 0.15) is 42.0 Å². The van der Waals surface area contributed by atoms with Crippen LogP contribution in [0.15, 0.2) is 11.6 Å². The SMILES string of the molecule is CCc1nc(Cn2cc(C(Cl)CC)nn2)cs1. The number of aromatic nitrogens is 4. The molecule has 0 radical (unpaired) electrons. The lowest BCUT2D eigenvalue weighted by Gasteiger charge is -1.98. The van der Waals surface area contributed by atoms with E-state index in [4.69, 9.17) is 11.6 Å². The topological polar surface area (TPSA) is 43.6 Å². The number of aryl methyl sites for hydroxylation is 1. The fraction of sp³-hybridized carbons (Fsp3) is 0.545. The van der Waals surface area contributed by atoms with Crippen molar-refractivity contribution in [1.82, 2.24) is 20.0 Å². The van der Waals surface area contributed by atoms with Crippen LogP contribution in [0, 0.1) is 0 Å². The summed E-state index contributed by atoms with van der Waals surface area (Å²) in [6.07, 6.45) is 3.73. The molecule has 92 valence electrons. The van der Waals surface area contributed by atoms with Crippen LogP contribution in [-0.4, -0.2) is 20.0 Å². The Morgan fingerprint density at radius 1 is 1.47 bits per heavy atom. The first-order valence-corrected chi connectivity index (χ1v) is 7.01. The van der Waals surface area contributed by atoms with Crippen LogP contribution < -0.4 is 0 Å². The molecule has 0 spiro atoms. The van der Waals surface area contributed by atoms with Gasteiger partial charge in [0.25, 0.3) is 0 Å².